The van der Waals surface area contributed by atoms with Crippen molar-refractivity contribution in [2.24, 2.45) is 0 Å². The monoisotopic (exact) mass is 1060 g/mol. The lowest BCUT2D eigenvalue weighted by atomic mass is 10.0. The molecule has 2 atom stereocenters. The van der Waals surface area contributed by atoms with Crippen molar-refractivity contribution in [1.82, 2.24) is 5.32 Å². The topological polar surface area (TPSA) is 95.9 Å². The minimum absolute atomic E-state index is 0.00709. The van der Waals surface area contributed by atoms with Crippen LogP contribution in [0.25, 0.3) is 0 Å². The Bertz CT molecular complexity index is 1130. The highest BCUT2D eigenvalue weighted by atomic mass is 16.5. The molecule has 0 radical (unpaired) electrons. The highest BCUT2D eigenvalue weighted by Crippen LogP contribution is 2.19. The number of unbranched alkanes of at least 4 members (excludes halogenated alkanes) is 52. The number of rotatable bonds is 65. The molecule has 0 spiro atoms. The summed E-state index contributed by atoms with van der Waals surface area (Å²) in [6.07, 6.45) is 79.6. The van der Waals surface area contributed by atoms with Crippen molar-refractivity contribution in [3.63, 3.8) is 0 Å². The molecule has 446 valence electrons. The zero-order valence-corrected chi connectivity index (χ0v) is 51.1. The first-order valence-corrected chi connectivity index (χ1v) is 34.4. The average molecular weight is 1060 g/mol. The van der Waals surface area contributed by atoms with E-state index in [2.05, 4.69) is 31.3 Å². The Hall–Kier alpha value is -1.40. The maximum absolute atomic E-state index is 12.5. The summed E-state index contributed by atoms with van der Waals surface area (Å²) in [5.41, 5.74) is 0. The highest BCUT2D eigenvalue weighted by molar-refractivity contribution is 5.76. The predicted molar refractivity (Wildman–Crippen MR) is 329 cm³/mol. The number of aliphatic hydroxyl groups is 2. The van der Waals surface area contributed by atoms with Gasteiger partial charge in [-0.1, -0.05) is 341 Å². The van der Waals surface area contributed by atoms with Gasteiger partial charge in [0.05, 0.1) is 25.4 Å². The first-order chi connectivity index (χ1) is 37.0. The summed E-state index contributed by atoms with van der Waals surface area (Å²) in [6, 6.07) is -0.542. The van der Waals surface area contributed by atoms with E-state index in [1.54, 1.807) is 0 Å². The fourth-order valence-corrected chi connectivity index (χ4v) is 11.1. The second-order valence-corrected chi connectivity index (χ2v) is 23.9. The second-order valence-electron chi connectivity index (χ2n) is 23.9. The van der Waals surface area contributed by atoms with Gasteiger partial charge in [-0.3, -0.25) is 9.59 Å². The van der Waals surface area contributed by atoms with E-state index in [1.165, 1.54) is 315 Å². The standard InChI is InChI=1S/C69H135NO5/c1-3-5-7-9-11-13-15-17-19-21-22-27-30-33-37-41-45-49-53-57-61-67(72)66(65-71)70-68(73)62-58-54-50-46-42-38-34-31-28-25-23-24-26-29-32-36-40-44-48-52-56-60-64-75-69(74)63-59-55-51-47-43-39-35-20-18-16-14-12-10-8-6-4-2/h20,35,66-67,71-72H,3-19,21-34,36-65H2,1-2H3,(H,70,73)/b35-20-. The van der Waals surface area contributed by atoms with Crippen LogP contribution in [0.5, 0.6) is 0 Å². The predicted octanol–water partition coefficient (Wildman–Crippen LogP) is 22.0. The quantitative estimate of drug-likeness (QED) is 0.0320. The molecule has 0 saturated heterocycles. The SMILES string of the molecule is CCCCCCCCC/C=C\CCCCCCCC(=O)OCCCCCCCCCCCCCCCCCCCCCCCCC(=O)NC(CO)C(O)CCCCCCCCCCCCCCCCCCCCCC. The summed E-state index contributed by atoms with van der Waals surface area (Å²) in [5.74, 6) is -0.0236. The molecular formula is C69H135NO5. The summed E-state index contributed by atoms with van der Waals surface area (Å²) in [5, 5.41) is 23.4. The molecule has 6 nitrogen and oxygen atoms in total. The molecule has 0 aliphatic rings. The van der Waals surface area contributed by atoms with Crippen molar-refractivity contribution in [2.45, 2.75) is 405 Å². The van der Waals surface area contributed by atoms with Crippen molar-refractivity contribution < 1.29 is 24.5 Å². The summed E-state index contributed by atoms with van der Waals surface area (Å²) in [6.45, 7) is 4.99. The number of hydrogen-bond acceptors (Lipinski definition) is 5. The average Bonchev–Trinajstić information content (AvgIpc) is 3.41. The molecule has 6 heteroatoms. The first kappa shape index (κ1) is 73.6. The lowest BCUT2D eigenvalue weighted by Gasteiger charge is -2.22. The molecule has 0 aromatic rings. The Morgan fingerprint density at radius 3 is 0.947 bits per heavy atom. The normalized spacial score (nSPS) is 12.5. The third-order valence-electron chi connectivity index (χ3n) is 16.3. The molecular weight excluding hydrogens is 923 g/mol. The van der Waals surface area contributed by atoms with E-state index >= 15 is 0 Å². The molecule has 0 fully saturated rings. The Morgan fingerprint density at radius 1 is 0.360 bits per heavy atom. The summed E-state index contributed by atoms with van der Waals surface area (Å²) < 4.78 is 5.49. The molecule has 0 aliphatic heterocycles. The van der Waals surface area contributed by atoms with Gasteiger partial charge >= 0.3 is 5.97 Å². The number of carbonyl (C=O) groups is 2. The molecule has 2 unspecified atom stereocenters. The zero-order valence-electron chi connectivity index (χ0n) is 51.1. The van der Waals surface area contributed by atoms with Gasteiger partial charge in [0.2, 0.25) is 5.91 Å². The van der Waals surface area contributed by atoms with Crippen LogP contribution in [0.2, 0.25) is 0 Å². The third kappa shape index (κ3) is 61.7. The molecule has 0 aromatic carbocycles. The Labute approximate surface area is 469 Å². The Balaban J connectivity index is 3.37. The van der Waals surface area contributed by atoms with Crippen LogP contribution in [-0.4, -0.2) is 47.4 Å². The van der Waals surface area contributed by atoms with Gasteiger partial charge in [0.15, 0.2) is 0 Å². The largest absolute Gasteiger partial charge is 0.466 e. The van der Waals surface area contributed by atoms with Gasteiger partial charge in [-0.2, -0.15) is 0 Å². The number of ether oxygens (including phenoxy) is 1. The van der Waals surface area contributed by atoms with E-state index in [0.717, 1.165) is 44.9 Å². The molecule has 0 bridgehead atoms. The maximum atomic E-state index is 12.5. The lowest BCUT2D eigenvalue weighted by molar-refractivity contribution is -0.143. The van der Waals surface area contributed by atoms with Gasteiger partial charge in [-0.25, -0.2) is 0 Å². The van der Waals surface area contributed by atoms with E-state index in [9.17, 15) is 19.8 Å². The van der Waals surface area contributed by atoms with Crippen molar-refractivity contribution in [2.75, 3.05) is 13.2 Å². The number of amides is 1. The maximum Gasteiger partial charge on any atom is 0.305 e. The van der Waals surface area contributed by atoms with Gasteiger partial charge in [0.1, 0.15) is 0 Å². The number of esters is 1. The van der Waals surface area contributed by atoms with Crippen LogP contribution < -0.4 is 5.32 Å². The smallest absolute Gasteiger partial charge is 0.305 e. The molecule has 0 aliphatic carbocycles. The minimum Gasteiger partial charge on any atom is -0.466 e. The fraction of sp³-hybridized carbons (Fsp3) is 0.942. The third-order valence-corrected chi connectivity index (χ3v) is 16.3. The van der Waals surface area contributed by atoms with E-state index in [1.807, 2.05) is 0 Å². The van der Waals surface area contributed by atoms with Crippen molar-refractivity contribution in [3.8, 4) is 0 Å². The van der Waals surface area contributed by atoms with Crippen molar-refractivity contribution in [1.29, 1.82) is 0 Å². The minimum atomic E-state index is -0.665. The van der Waals surface area contributed by atoms with Gasteiger partial charge in [-0.15, -0.1) is 0 Å². The summed E-state index contributed by atoms with van der Waals surface area (Å²) >= 11 is 0. The van der Waals surface area contributed by atoms with Gasteiger partial charge < -0.3 is 20.3 Å². The fourth-order valence-electron chi connectivity index (χ4n) is 11.1. The van der Waals surface area contributed by atoms with E-state index in [4.69, 9.17) is 4.74 Å². The van der Waals surface area contributed by atoms with Crippen molar-refractivity contribution >= 4 is 11.9 Å². The molecule has 1 amide bonds. The van der Waals surface area contributed by atoms with E-state index in [0.29, 0.717) is 25.9 Å². The van der Waals surface area contributed by atoms with Crippen LogP contribution in [-0.2, 0) is 14.3 Å². The molecule has 0 saturated carbocycles. The number of hydrogen-bond donors (Lipinski definition) is 3. The molecule has 0 rings (SSSR count). The van der Waals surface area contributed by atoms with Gasteiger partial charge in [-0.05, 0) is 51.4 Å². The van der Waals surface area contributed by atoms with Crippen LogP contribution in [0.4, 0.5) is 0 Å². The lowest BCUT2D eigenvalue weighted by Crippen LogP contribution is -2.45. The van der Waals surface area contributed by atoms with Gasteiger partial charge in [0.25, 0.3) is 0 Å². The highest BCUT2D eigenvalue weighted by Gasteiger charge is 2.20. The number of aliphatic hydroxyl groups excluding tert-OH is 2. The number of carbonyl (C=O) groups excluding carboxylic acids is 2. The van der Waals surface area contributed by atoms with Crippen LogP contribution in [0.1, 0.15) is 393 Å². The molecule has 0 aromatic heterocycles. The van der Waals surface area contributed by atoms with E-state index in [-0.39, 0.29) is 18.5 Å². The van der Waals surface area contributed by atoms with Crippen LogP contribution in [0, 0.1) is 0 Å². The number of nitrogens with one attached hydrogen (secondary N) is 1. The zero-order chi connectivity index (χ0) is 54.3. The Kier molecular flexibility index (Phi) is 63.9. The summed E-state index contributed by atoms with van der Waals surface area (Å²) in [4.78, 5) is 24.6. The molecule has 3 N–H and O–H groups in total. The number of allylic oxidation sites excluding steroid dienone is 2. The Morgan fingerprint density at radius 2 is 0.627 bits per heavy atom. The summed E-state index contributed by atoms with van der Waals surface area (Å²) in [7, 11) is 0. The first-order valence-electron chi connectivity index (χ1n) is 34.4. The van der Waals surface area contributed by atoms with Crippen LogP contribution >= 0.6 is 0 Å². The molecule has 0 heterocycles. The van der Waals surface area contributed by atoms with E-state index < -0.39 is 12.1 Å². The molecule has 75 heavy (non-hydrogen) atoms. The van der Waals surface area contributed by atoms with Crippen LogP contribution in [0.3, 0.4) is 0 Å². The van der Waals surface area contributed by atoms with Crippen LogP contribution in [0.15, 0.2) is 12.2 Å². The van der Waals surface area contributed by atoms with Gasteiger partial charge in [0, 0.05) is 12.8 Å². The van der Waals surface area contributed by atoms with Crippen molar-refractivity contribution in [3.05, 3.63) is 12.2 Å². The second kappa shape index (κ2) is 65.1.